The smallest absolute Gasteiger partial charge is 0.311 e. The van der Waals surface area contributed by atoms with E-state index in [1.54, 1.807) is 24.6 Å². The van der Waals surface area contributed by atoms with Crippen molar-refractivity contribution in [2.24, 2.45) is 0 Å². The normalized spacial score (nSPS) is 10.4. The molecule has 3 rings (SSSR count). The first-order chi connectivity index (χ1) is 16.4. The van der Waals surface area contributed by atoms with E-state index < -0.39 is 23.8 Å². The van der Waals surface area contributed by atoms with Crippen LogP contribution in [0.1, 0.15) is 46.2 Å². The highest BCUT2D eigenvalue weighted by atomic mass is 32.1. The van der Waals surface area contributed by atoms with Crippen LogP contribution in [0.3, 0.4) is 0 Å². The van der Waals surface area contributed by atoms with Gasteiger partial charge in [-0.2, -0.15) is 0 Å². The first-order valence-corrected chi connectivity index (χ1v) is 11.9. The Kier molecular flexibility index (Phi) is 8.76. The summed E-state index contributed by atoms with van der Waals surface area (Å²) in [5, 5.41) is 9.07. The van der Waals surface area contributed by atoms with Gasteiger partial charge in [0.05, 0.1) is 37.4 Å². The van der Waals surface area contributed by atoms with E-state index in [9.17, 15) is 19.2 Å². The average molecular weight is 504 g/mol. The lowest BCUT2D eigenvalue weighted by atomic mass is 10.3. The quantitative estimate of drug-likeness (QED) is 0.398. The molecule has 0 unspecified atom stereocenters. The summed E-state index contributed by atoms with van der Waals surface area (Å²) in [5.74, 6) is -1.92. The molecule has 0 saturated heterocycles. The van der Waals surface area contributed by atoms with E-state index in [4.69, 9.17) is 9.47 Å². The fraction of sp³-hybridized carbons (Fsp3) is 0.286. The van der Waals surface area contributed by atoms with Crippen LogP contribution in [0.2, 0.25) is 0 Å². The summed E-state index contributed by atoms with van der Waals surface area (Å²) in [5.41, 5.74) is 0.977. The van der Waals surface area contributed by atoms with Crippen molar-refractivity contribution in [2.75, 3.05) is 23.8 Å². The number of nitrogens with zero attached hydrogens (tertiary/aromatic N) is 3. The van der Waals surface area contributed by atoms with Gasteiger partial charge in [0.15, 0.2) is 10.3 Å². The Bertz CT molecular complexity index is 1100. The summed E-state index contributed by atoms with van der Waals surface area (Å²) in [6.45, 7) is 3.98. The van der Waals surface area contributed by atoms with Gasteiger partial charge in [0, 0.05) is 10.8 Å². The van der Waals surface area contributed by atoms with Crippen molar-refractivity contribution in [3.8, 4) is 0 Å². The van der Waals surface area contributed by atoms with Crippen LogP contribution in [0.4, 0.5) is 10.3 Å². The molecule has 13 heteroatoms. The largest absolute Gasteiger partial charge is 0.466 e. The third kappa shape index (κ3) is 7.15. The van der Waals surface area contributed by atoms with Crippen molar-refractivity contribution in [1.29, 1.82) is 0 Å². The Labute approximate surface area is 202 Å². The second-order valence-electron chi connectivity index (χ2n) is 6.57. The van der Waals surface area contributed by atoms with E-state index in [-0.39, 0.29) is 47.7 Å². The monoisotopic (exact) mass is 503 g/mol. The van der Waals surface area contributed by atoms with E-state index >= 15 is 0 Å². The summed E-state index contributed by atoms with van der Waals surface area (Å²) in [6.07, 6.45) is 0.0126. The van der Waals surface area contributed by atoms with E-state index in [1.165, 1.54) is 18.2 Å². The highest BCUT2D eigenvalue weighted by Crippen LogP contribution is 2.18. The molecule has 0 fully saturated rings. The molecule has 2 amide bonds. The molecule has 3 aromatic rings. The predicted octanol–water partition coefficient (Wildman–Crippen LogP) is 2.71. The zero-order chi connectivity index (χ0) is 24.5. The van der Waals surface area contributed by atoms with Gasteiger partial charge in [-0.15, -0.1) is 22.7 Å². The Morgan fingerprint density at radius 1 is 0.765 bits per heavy atom. The summed E-state index contributed by atoms with van der Waals surface area (Å²) in [7, 11) is 0. The molecule has 11 nitrogen and oxygen atoms in total. The van der Waals surface area contributed by atoms with Crippen LogP contribution in [0, 0.1) is 0 Å². The molecule has 0 aliphatic carbocycles. The second kappa shape index (κ2) is 12.0. The van der Waals surface area contributed by atoms with Crippen LogP contribution in [-0.4, -0.2) is 51.9 Å². The number of ether oxygens (including phenoxy) is 2. The number of nitrogens with one attached hydrogen (secondary N) is 2. The first kappa shape index (κ1) is 24.9. The molecular formula is C21H21N5O6S2. The van der Waals surface area contributed by atoms with E-state index in [1.807, 2.05) is 0 Å². The SMILES string of the molecule is CCOC(=O)Cc1csc(NC(=O)c2cccc(C(=O)Nc3nc(CC(=O)OCC)cs3)n2)n1. The Hall–Kier alpha value is -3.71. The molecule has 34 heavy (non-hydrogen) atoms. The van der Waals surface area contributed by atoms with Crippen molar-refractivity contribution in [2.45, 2.75) is 26.7 Å². The van der Waals surface area contributed by atoms with Gasteiger partial charge in [0.1, 0.15) is 11.4 Å². The standard InChI is InChI=1S/C21H21N5O6S2/c1-3-31-16(27)8-12-10-33-20(22-12)25-18(29)14-6-5-7-15(24-14)19(30)26-21-23-13(11-34-21)9-17(28)32-4-2/h5-7,10-11H,3-4,8-9H2,1-2H3,(H,22,25,29)(H,23,26,30). The molecule has 0 bridgehead atoms. The summed E-state index contributed by atoms with van der Waals surface area (Å²) >= 11 is 2.31. The number of anilines is 2. The van der Waals surface area contributed by atoms with Gasteiger partial charge in [-0.1, -0.05) is 6.07 Å². The number of pyridine rings is 1. The molecule has 0 aromatic carbocycles. The van der Waals surface area contributed by atoms with Gasteiger partial charge in [-0.3, -0.25) is 29.8 Å². The van der Waals surface area contributed by atoms with Gasteiger partial charge in [0.2, 0.25) is 0 Å². The molecule has 178 valence electrons. The Morgan fingerprint density at radius 3 is 1.62 bits per heavy atom. The predicted molar refractivity (Wildman–Crippen MR) is 125 cm³/mol. The Balaban J connectivity index is 1.60. The molecular weight excluding hydrogens is 482 g/mol. The minimum Gasteiger partial charge on any atom is -0.466 e. The molecule has 3 aromatic heterocycles. The van der Waals surface area contributed by atoms with Crippen LogP contribution in [0.25, 0.3) is 0 Å². The number of rotatable bonds is 10. The number of thiazole rings is 2. The van der Waals surface area contributed by atoms with E-state index in [0.29, 0.717) is 11.4 Å². The zero-order valence-electron chi connectivity index (χ0n) is 18.3. The van der Waals surface area contributed by atoms with Crippen molar-refractivity contribution in [3.63, 3.8) is 0 Å². The van der Waals surface area contributed by atoms with Crippen molar-refractivity contribution < 1.29 is 28.7 Å². The number of aromatic nitrogens is 3. The minimum atomic E-state index is -0.558. The van der Waals surface area contributed by atoms with Gasteiger partial charge < -0.3 is 9.47 Å². The molecule has 3 heterocycles. The van der Waals surface area contributed by atoms with Crippen LogP contribution in [0.15, 0.2) is 29.0 Å². The number of carbonyl (C=O) groups excluding carboxylic acids is 4. The fourth-order valence-corrected chi connectivity index (χ4v) is 4.03. The van der Waals surface area contributed by atoms with Crippen LogP contribution < -0.4 is 10.6 Å². The first-order valence-electron chi connectivity index (χ1n) is 10.2. The molecule has 2 N–H and O–H groups in total. The lowest BCUT2D eigenvalue weighted by Crippen LogP contribution is -2.18. The van der Waals surface area contributed by atoms with Gasteiger partial charge in [-0.05, 0) is 26.0 Å². The molecule has 0 aliphatic heterocycles. The highest BCUT2D eigenvalue weighted by Gasteiger charge is 2.16. The highest BCUT2D eigenvalue weighted by molar-refractivity contribution is 7.14. The maximum atomic E-state index is 12.6. The molecule has 0 radical (unpaired) electrons. The number of amides is 2. The van der Waals surface area contributed by atoms with Gasteiger partial charge in [0.25, 0.3) is 11.8 Å². The molecule has 0 saturated carbocycles. The summed E-state index contributed by atoms with van der Waals surface area (Å²) in [4.78, 5) is 60.7. The summed E-state index contributed by atoms with van der Waals surface area (Å²) in [6, 6.07) is 4.44. The Morgan fingerprint density at radius 2 is 1.21 bits per heavy atom. The third-order valence-electron chi connectivity index (χ3n) is 4.02. The van der Waals surface area contributed by atoms with Crippen molar-refractivity contribution >= 4 is 56.7 Å². The molecule has 0 spiro atoms. The number of hydrogen-bond donors (Lipinski definition) is 2. The number of esters is 2. The number of hydrogen-bond acceptors (Lipinski definition) is 11. The summed E-state index contributed by atoms with van der Waals surface area (Å²) < 4.78 is 9.76. The van der Waals surface area contributed by atoms with Gasteiger partial charge in [-0.25, -0.2) is 15.0 Å². The van der Waals surface area contributed by atoms with Crippen LogP contribution in [-0.2, 0) is 31.9 Å². The van der Waals surface area contributed by atoms with Crippen LogP contribution in [0.5, 0.6) is 0 Å². The second-order valence-corrected chi connectivity index (χ2v) is 8.28. The van der Waals surface area contributed by atoms with Crippen molar-refractivity contribution in [1.82, 2.24) is 15.0 Å². The van der Waals surface area contributed by atoms with E-state index in [0.717, 1.165) is 22.7 Å². The maximum absolute atomic E-state index is 12.6. The third-order valence-corrected chi connectivity index (χ3v) is 5.63. The zero-order valence-corrected chi connectivity index (χ0v) is 20.0. The van der Waals surface area contributed by atoms with Gasteiger partial charge >= 0.3 is 11.9 Å². The topological polar surface area (TPSA) is 149 Å². The lowest BCUT2D eigenvalue weighted by Gasteiger charge is -2.04. The van der Waals surface area contributed by atoms with Crippen molar-refractivity contribution in [3.05, 3.63) is 51.7 Å². The number of carbonyl (C=O) groups is 4. The molecule has 0 aliphatic rings. The van der Waals surface area contributed by atoms with Crippen LogP contribution >= 0.6 is 22.7 Å². The minimum absolute atomic E-state index is 0.00632. The van der Waals surface area contributed by atoms with E-state index in [2.05, 4.69) is 25.6 Å². The average Bonchev–Trinajstić information content (AvgIpc) is 3.43. The maximum Gasteiger partial charge on any atom is 0.311 e. The lowest BCUT2D eigenvalue weighted by molar-refractivity contribution is -0.143. The molecule has 0 atom stereocenters. The fourth-order valence-electron chi connectivity index (χ4n) is 2.62.